The van der Waals surface area contributed by atoms with Gasteiger partial charge in [0.1, 0.15) is 36.2 Å². The van der Waals surface area contributed by atoms with Crippen LogP contribution in [-0.2, 0) is 4.74 Å². The standard InChI is InChI=1S/C19H15FN2O4/c1-13-17(14(12-21)18(26-13)22-8-4-5-9-22)19(23)25-11-10-24-16-7-3-2-6-15(16)20/h2-9H,10-11H2,1H3. The highest BCUT2D eigenvalue weighted by atomic mass is 19.1. The Bertz CT molecular complexity index is 955. The molecule has 0 saturated heterocycles. The topological polar surface area (TPSA) is 77.4 Å². The summed E-state index contributed by atoms with van der Waals surface area (Å²) in [6.45, 7) is 1.47. The monoisotopic (exact) mass is 354 g/mol. The Kier molecular flexibility index (Phi) is 5.04. The summed E-state index contributed by atoms with van der Waals surface area (Å²) in [5.41, 5.74) is 0.167. The Morgan fingerprint density at radius 1 is 1.23 bits per heavy atom. The number of carbonyl (C=O) groups is 1. The van der Waals surface area contributed by atoms with E-state index in [-0.39, 0.29) is 41.7 Å². The molecule has 2 aromatic heterocycles. The van der Waals surface area contributed by atoms with Crippen molar-refractivity contribution in [2.45, 2.75) is 6.92 Å². The van der Waals surface area contributed by atoms with Crippen LogP contribution in [0.3, 0.4) is 0 Å². The number of benzene rings is 1. The number of aromatic nitrogens is 1. The van der Waals surface area contributed by atoms with Gasteiger partial charge in [-0.1, -0.05) is 12.1 Å². The Balaban J connectivity index is 1.67. The molecule has 1 aromatic carbocycles. The summed E-state index contributed by atoms with van der Waals surface area (Å²) in [6, 6.07) is 11.5. The Morgan fingerprint density at radius 2 is 1.96 bits per heavy atom. The van der Waals surface area contributed by atoms with E-state index in [4.69, 9.17) is 13.9 Å². The number of hydrogen-bond acceptors (Lipinski definition) is 5. The van der Waals surface area contributed by atoms with Gasteiger partial charge in [-0.25, -0.2) is 9.18 Å². The first kappa shape index (κ1) is 17.3. The molecule has 0 aliphatic carbocycles. The molecule has 0 saturated carbocycles. The van der Waals surface area contributed by atoms with Gasteiger partial charge in [0.05, 0.1) is 0 Å². The van der Waals surface area contributed by atoms with E-state index in [1.165, 1.54) is 12.1 Å². The number of nitrogens with zero attached hydrogens (tertiary/aromatic N) is 2. The van der Waals surface area contributed by atoms with Crippen molar-refractivity contribution in [1.82, 2.24) is 4.57 Å². The van der Waals surface area contributed by atoms with E-state index < -0.39 is 11.8 Å². The van der Waals surface area contributed by atoms with Crippen molar-refractivity contribution in [3.8, 4) is 17.7 Å². The summed E-state index contributed by atoms with van der Waals surface area (Å²) in [5.74, 6) is -0.573. The highest BCUT2D eigenvalue weighted by Gasteiger charge is 2.25. The van der Waals surface area contributed by atoms with Crippen molar-refractivity contribution in [2.24, 2.45) is 0 Å². The van der Waals surface area contributed by atoms with E-state index in [0.29, 0.717) is 0 Å². The maximum atomic E-state index is 13.4. The molecular weight excluding hydrogens is 339 g/mol. The van der Waals surface area contributed by atoms with Crippen molar-refractivity contribution < 1.29 is 23.1 Å². The summed E-state index contributed by atoms with van der Waals surface area (Å²) >= 11 is 0. The van der Waals surface area contributed by atoms with Crippen LogP contribution in [0.15, 0.2) is 53.2 Å². The highest BCUT2D eigenvalue weighted by molar-refractivity contribution is 5.94. The average Bonchev–Trinajstić information content (AvgIpc) is 3.27. The van der Waals surface area contributed by atoms with Gasteiger partial charge < -0.3 is 13.9 Å². The molecule has 132 valence electrons. The van der Waals surface area contributed by atoms with Gasteiger partial charge in [0, 0.05) is 12.4 Å². The number of rotatable bonds is 6. The third-order valence-corrected chi connectivity index (χ3v) is 3.63. The first-order chi connectivity index (χ1) is 12.6. The molecule has 0 aliphatic rings. The number of nitriles is 1. The number of halogens is 1. The van der Waals surface area contributed by atoms with Gasteiger partial charge in [-0.15, -0.1) is 0 Å². The summed E-state index contributed by atoms with van der Waals surface area (Å²) in [5, 5.41) is 9.41. The van der Waals surface area contributed by atoms with E-state index in [0.717, 1.165) is 0 Å². The fraction of sp³-hybridized carbons (Fsp3) is 0.158. The van der Waals surface area contributed by atoms with Crippen LogP contribution in [0.5, 0.6) is 5.75 Å². The van der Waals surface area contributed by atoms with Crippen LogP contribution in [-0.4, -0.2) is 23.8 Å². The number of carbonyl (C=O) groups excluding carboxylic acids is 1. The lowest BCUT2D eigenvalue weighted by molar-refractivity contribution is 0.0446. The molecule has 3 aromatic rings. The third-order valence-electron chi connectivity index (χ3n) is 3.63. The first-order valence-electron chi connectivity index (χ1n) is 7.83. The van der Waals surface area contributed by atoms with E-state index in [9.17, 15) is 14.4 Å². The Hall–Kier alpha value is -3.53. The van der Waals surface area contributed by atoms with Crippen LogP contribution in [0.4, 0.5) is 4.39 Å². The van der Waals surface area contributed by atoms with Crippen LogP contribution < -0.4 is 4.74 Å². The zero-order valence-electron chi connectivity index (χ0n) is 13.9. The second-order valence-electron chi connectivity index (χ2n) is 5.33. The molecule has 0 unspecified atom stereocenters. The van der Waals surface area contributed by atoms with E-state index in [2.05, 4.69) is 0 Å². The Morgan fingerprint density at radius 3 is 2.65 bits per heavy atom. The van der Waals surface area contributed by atoms with E-state index in [1.54, 1.807) is 48.1 Å². The van der Waals surface area contributed by atoms with Gasteiger partial charge in [0.2, 0.25) is 5.88 Å². The molecular formula is C19H15FN2O4. The number of aryl methyl sites for hydroxylation is 1. The predicted molar refractivity (Wildman–Crippen MR) is 89.7 cm³/mol. The van der Waals surface area contributed by atoms with Crippen molar-refractivity contribution in [3.05, 3.63) is 71.5 Å². The average molecular weight is 354 g/mol. The van der Waals surface area contributed by atoms with Gasteiger partial charge in [-0.05, 0) is 31.2 Å². The normalized spacial score (nSPS) is 10.3. The Labute approximate surface area is 149 Å². The van der Waals surface area contributed by atoms with Crippen molar-refractivity contribution in [3.63, 3.8) is 0 Å². The lowest BCUT2D eigenvalue weighted by Gasteiger charge is -2.07. The first-order valence-corrected chi connectivity index (χ1v) is 7.83. The number of esters is 1. The minimum Gasteiger partial charge on any atom is -0.487 e. The molecule has 26 heavy (non-hydrogen) atoms. The largest absolute Gasteiger partial charge is 0.487 e. The van der Waals surface area contributed by atoms with Crippen LogP contribution in [0.2, 0.25) is 0 Å². The fourth-order valence-corrected chi connectivity index (χ4v) is 2.45. The fourth-order valence-electron chi connectivity index (χ4n) is 2.45. The second-order valence-corrected chi connectivity index (χ2v) is 5.33. The van der Waals surface area contributed by atoms with Crippen LogP contribution in [0.25, 0.3) is 5.88 Å². The van der Waals surface area contributed by atoms with Crippen molar-refractivity contribution in [2.75, 3.05) is 13.2 Å². The quantitative estimate of drug-likeness (QED) is 0.499. The minimum atomic E-state index is -0.696. The molecule has 0 atom stereocenters. The maximum Gasteiger partial charge on any atom is 0.343 e. The maximum absolute atomic E-state index is 13.4. The lowest BCUT2D eigenvalue weighted by atomic mass is 10.1. The molecule has 0 spiro atoms. The molecule has 0 amide bonds. The summed E-state index contributed by atoms with van der Waals surface area (Å²) in [6.07, 6.45) is 3.41. The van der Waals surface area contributed by atoms with Crippen LogP contribution in [0, 0.1) is 24.1 Å². The molecule has 7 heteroatoms. The van der Waals surface area contributed by atoms with E-state index >= 15 is 0 Å². The molecule has 0 aliphatic heterocycles. The number of hydrogen-bond donors (Lipinski definition) is 0. The molecule has 2 heterocycles. The molecule has 0 N–H and O–H groups in total. The smallest absolute Gasteiger partial charge is 0.343 e. The van der Waals surface area contributed by atoms with Gasteiger partial charge in [-0.3, -0.25) is 4.57 Å². The number of furan rings is 1. The summed E-state index contributed by atoms with van der Waals surface area (Å²) in [4.78, 5) is 12.3. The minimum absolute atomic E-state index is 0.0179. The van der Waals surface area contributed by atoms with Gasteiger partial charge in [-0.2, -0.15) is 5.26 Å². The lowest BCUT2D eigenvalue weighted by Crippen LogP contribution is -2.14. The highest BCUT2D eigenvalue weighted by Crippen LogP contribution is 2.26. The molecule has 0 fully saturated rings. The number of ether oxygens (including phenoxy) is 2. The molecule has 0 radical (unpaired) electrons. The SMILES string of the molecule is Cc1oc(-n2cccc2)c(C#N)c1C(=O)OCCOc1ccccc1F. The predicted octanol–water partition coefficient (Wildman–Crippen LogP) is 3.63. The molecule has 0 bridgehead atoms. The molecule has 3 rings (SSSR count). The van der Waals surface area contributed by atoms with Crippen LogP contribution in [0.1, 0.15) is 21.7 Å². The van der Waals surface area contributed by atoms with Gasteiger partial charge in [0.15, 0.2) is 11.6 Å². The van der Waals surface area contributed by atoms with Gasteiger partial charge in [0.25, 0.3) is 0 Å². The molecule has 6 nitrogen and oxygen atoms in total. The van der Waals surface area contributed by atoms with Gasteiger partial charge >= 0.3 is 5.97 Å². The summed E-state index contributed by atoms with van der Waals surface area (Å²) in [7, 11) is 0. The number of para-hydroxylation sites is 1. The summed E-state index contributed by atoms with van der Waals surface area (Å²) < 4.78 is 31.0. The second kappa shape index (κ2) is 7.57. The third kappa shape index (κ3) is 3.44. The zero-order chi connectivity index (χ0) is 18.5. The van der Waals surface area contributed by atoms with Crippen molar-refractivity contribution >= 4 is 5.97 Å². The van der Waals surface area contributed by atoms with E-state index in [1.807, 2.05) is 6.07 Å². The zero-order valence-corrected chi connectivity index (χ0v) is 13.9. The van der Waals surface area contributed by atoms with Crippen molar-refractivity contribution in [1.29, 1.82) is 5.26 Å². The van der Waals surface area contributed by atoms with Crippen LogP contribution >= 0.6 is 0 Å².